The minimum absolute atomic E-state index is 0.0401. The van der Waals surface area contributed by atoms with E-state index in [1.165, 1.54) is 24.1 Å². The average molecular weight is 372 g/mol. The second-order valence-electron chi connectivity index (χ2n) is 6.60. The molecule has 3 aromatic rings. The molecule has 0 unspecified atom stereocenters. The molecule has 0 aliphatic carbocycles. The molecule has 0 aromatic heterocycles. The first kappa shape index (κ1) is 19.2. The van der Waals surface area contributed by atoms with Gasteiger partial charge in [-0.2, -0.15) is 0 Å². The van der Waals surface area contributed by atoms with Crippen molar-refractivity contribution in [2.24, 2.45) is 0 Å². The molecule has 140 valence electrons. The Morgan fingerprint density at radius 3 is 1.78 bits per heavy atom. The van der Waals surface area contributed by atoms with E-state index in [0.29, 0.717) is 11.1 Å². The molecule has 3 aromatic carbocycles. The number of rotatable bonds is 6. The molecule has 0 nitrogen and oxygen atoms in total. The highest BCUT2D eigenvalue weighted by Crippen LogP contribution is 2.32. The summed E-state index contributed by atoms with van der Waals surface area (Å²) in [5, 5.41) is 0. The van der Waals surface area contributed by atoms with E-state index in [0.717, 1.165) is 37.5 Å². The predicted octanol–water partition coefficient (Wildman–Crippen LogP) is 7.31. The molecule has 0 N–H and O–H groups in total. The van der Waals surface area contributed by atoms with Crippen molar-refractivity contribution in [3.05, 3.63) is 83.4 Å². The van der Waals surface area contributed by atoms with Crippen LogP contribution in [0, 0.1) is 23.3 Å². The quantitative estimate of drug-likeness (QED) is 0.314. The summed E-state index contributed by atoms with van der Waals surface area (Å²) in [5.41, 5.74) is 1.88. The average Bonchev–Trinajstić information content (AvgIpc) is 2.65. The number of benzene rings is 3. The number of hydrogen-bond donors (Lipinski definition) is 0. The predicted molar refractivity (Wildman–Crippen MR) is 100 cm³/mol. The Labute approximate surface area is 156 Å². The van der Waals surface area contributed by atoms with Gasteiger partial charge in [0.25, 0.3) is 0 Å². The number of halogens is 4. The van der Waals surface area contributed by atoms with Gasteiger partial charge in [0.05, 0.1) is 5.56 Å². The van der Waals surface area contributed by atoms with Crippen molar-refractivity contribution in [3.8, 4) is 22.3 Å². The molecule has 0 fully saturated rings. The topological polar surface area (TPSA) is 0 Å². The summed E-state index contributed by atoms with van der Waals surface area (Å²) in [6, 6.07) is 12.8. The van der Waals surface area contributed by atoms with Crippen LogP contribution in [0.3, 0.4) is 0 Å². The van der Waals surface area contributed by atoms with Gasteiger partial charge in [-0.15, -0.1) is 0 Å². The van der Waals surface area contributed by atoms with Crippen molar-refractivity contribution in [2.45, 2.75) is 32.6 Å². The third-order valence-corrected chi connectivity index (χ3v) is 4.61. The Balaban J connectivity index is 1.89. The molecule has 0 aliphatic heterocycles. The molecular formula is C23H20F4. The van der Waals surface area contributed by atoms with Crippen LogP contribution in [-0.4, -0.2) is 0 Å². The highest BCUT2D eigenvalue weighted by atomic mass is 19.2. The van der Waals surface area contributed by atoms with Crippen molar-refractivity contribution in [1.29, 1.82) is 0 Å². The number of aryl methyl sites for hydroxylation is 1. The van der Waals surface area contributed by atoms with Crippen molar-refractivity contribution < 1.29 is 17.6 Å². The van der Waals surface area contributed by atoms with Crippen molar-refractivity contribution >= 4 is 0 Å². The smallest absolute Gasteiger partial charge is 0.159 e. The molecule has 0 saturated carbocycles. The fourth-order valence-corrected chi connectivity index (χ4v) is 3.11. The third-order valence-electron chi connectivity index (χ3n) is 4.61. The van der Waals surface area contributed by atoms with E-state index >= 15 is 0 Å². The maximum Gasteiger partial charge on any atom is 0.159 e. The molecule has 0 aliphatic rings. The van der Waals surface area contributed by atoms with Crippen LogP contribution in [0.15, 0.2) is 54.6 Å². The van der Waals surface area contributed by atoms with Gasteiger partial charge in [0, 0.05) is 0 Å². The van der Waals surface area contributed by atoms with Gasteiger partial charge in [-0.25, -0.2) is 17.6 Å². The lowest BCUT2D eigenvalue weighted by molar-refractivity contribution is 0.508. The summed E-state index contributed by atoms with van der Waals surface area (Å²) >= 11 is 0. The van der Waals surface area contributed by atoms with Crippen molar-refractivity contribution in [2.75, 3.05) is 0 Å². The summed E-state index contributed by atoms with van der Waals surface area (Å²) in [5.74, 6) is -3.84. The summed E-state index contributed by atoms with van der Waals surface area (Å²) in [7, 11) is 0. The fourth-order valence-electron chi connectivity index (χ4n) is 3.11. The van der Waals surface area contributed by atoms with Gasteiger partial charge in [0.1, 0.15) is 11.6 Å². The van der Waals surface area contributed by atoms with Gasteiger partial charge >= 0.3 is 0 Å². The molecule has 0 amide bonds. The van der Waals surface area contributed by atoms with E-state index in [1.54, 1.807) is 0 Å². The highest BCUT2D eigenvalue weighted by molar-refractivity contribution is 5.72. The molecular weight excluding hydrogens is 352 g/mol. The van der Waals surface area contributed by atoms with Crippen LogP contribution >= 0.6 is 0 Å². The number of unbranched alkanes of at least 4 members (excludes halogenated alkanes) is 2. The fraction of sp³-hybridized carbons (Fsp3) is 0.217. The Morgan fingerprint density at radius 2 is 1.19 bits per heavy atom. The first-order chi connectivity index (χ1) is 13.0. The van der Waals surface area contributed by atoms with Gasteiger partial charge in [-0.05, 0) is 59.4 Å². The first-order valence-corrected chi connectivity index (χ1v) is 9.03. The molecule has 0 spiro atoms. The molecule has 0 heterocycles. The van der Waals surface area contributed by atoms with E-state index in [9.17, 15) is 17.6 Å². The normalized spacial score (nSPS) is 11.0. The third kappa shape index (κ3) is 4.38. The van der Waals surface area contributed by atoms with Crippen LogP contribution in [0.25, 0.3) is 22.3 Å². The molecule has 3 rings (SSSR count). The Bertz CT molecular complexity index is 907. The van der Waals surface area contributed by atoms with Crippen LogP contribution in [0.2, 0.25) is 0 Å². The standard InChI is InChI=1S/C23H20F4/c1-2-3-4-5-15-6-8-16(9-7-15)18-13-21(26)23(22(27)14-18)17-10-11-19(24)20(25)12-17/h6-14H,2-5H2,1H3. The molecule has 0 saturated heterocycles. The summed E-state index contributed by atoms with van der Waals surface area (Å²) in [6.07, 6.45) is 4.42. The van der Waals surface area contributed by atoms with E-state index in [-0.39, 0.29) is 11.1 Å². The van der Waals surface area contributed by atoms with E-state index < -0.39 is 23.3 Å². The summed E-state index contributed by atoms with van der Waals surface area (Å²) < 4.78 is 55.6. The van der Waals surface area contributed by atoms with E-state index in [2.05, 4.69) is 6.92 Å². The first-order valence-electron chi connectivity index (χ1n) is 9.03. The van der Waals surface area contributed by atoms with Crippen LogP contribution < -0.4 is 0 Å². The molecule has 0 atom stereocenters. The van der Waals surface area contributed by atoms with Gasteiger partial charge in [-0.3, -0.25) is 0 Å². The lowest BCUT2D eigenvalue weighted by Crippen LogP contribution is -1.94. The van der Waals surface area contributed by atoms with Gasteiger partial charge in [0.15, 0.2) is 11.6 Å². The largest absolute Gasteiger partial charge is 0.206 e. The molecule has 27 heavy (non-hydrogen) atoms. The van der Waals surface area contributed by atoms with Crippen molar-refractivity contribution in [3.63, 3.8) is 0 Å². The minimum Gasteiger partial charge on any atom is -0.206 e. The highest BCUT2D eigenvalue weighted by Gasteiger charge is 2.16. The van der Waals surface area contributed by atoms with Gasteiger partial charge < -0.3 is 0 Å². The Morgan fingerprint density at radius 1 is 0.593 bits per heavy atom. The minimum atomic E-state index is -1.14. The molecule has 4 heteroatoms. The van der Waals surface area contributed by atoms with E-state index in [4.69, 9.17) is 0 Å². The lowest BCUT2D eigenvalue weighted by Gasteiger charge is -2.10. The van der Waals surface area contributed by atoms with Crippen LogP contribution in [-0.2, 0) is 6.42 Å². The van der Waals surface area contributed by atoms with E-state index in [1.807, 2.05) is 24.3 Å². The summed E-state index contributed by atoms with van der Waals surface area (Å²) in [4.78, 5) is 0. The zero-order chi connectivity index (χ0) is 19.4. The van der Waals surface area contributed by atoms with Crippen LogP contribution in [0.5, 0.6) is 0 Å². The van der Waals surface area contributed by atoms with Gasteiger partial charge in [-0.1, -0.05) is 50.1 Å². The second kappa shape index (κ2) is 8.38. The Kier molecular flexibility index (Phi) is 5.94. The zero-order valence-electron chi connectivity index (χ0n) is 15.0. The SMILES string of the molecule is CCCCCc1ccc(-c2cc(F)c(-c3ccc(F)c(F)c3)c(F)c2)cc1. The lowest BCUT2D eigenvalue weighted by atomic mass is 9.97. The monoisotopic (exact) mass is 372 g/mol. The van der Waals surface area contributed by atoms with Crippen LogP contribution in [0.1, 0.15) is 31.7 Å². The zero-order valence-corrected chi connectivity index (χ0v) is 15.0. The second-order valence-corrected chi connectivity index (χ2v) is 6.60. The Hall–Kier alpha value is -2.62. The van der Waals surface area contributed by atoms with Crippen molar-refractivity contribution in [1.82, 2.24) is 0 Å². The number of hydrogen-bond acceptors (Lipinski definition) is 0. The van der Waals surface area contributed by atoms with Gasteiger partial charge in [0.2, 0.25) is 0 Å². The molecule has 0 bridgehead atoms. The molecule has 0 radical (unpaired) electrons. The maximum atomic E-state index is 14.5. The van der Waals surface area contributed by atoms with Crippen LogP contribution in [0.4, 0.5) is 17.6 Å². The summed E-state index contributed by atoms with van der Waals surface area (Å²) in [6.45, 7) is 2.15. The maximum absolute atomic E-state index is 14.5.